The summed E-state index contributed by atoms with van der Waals surface area (Å²) in [6, 6.07) is 7.53. The molecule has 2 aromatic heterocycles. The zero-order chi connectivity index (χ0) is 16.1. The normalized spacial score (nSPS) is 15.6. The summed E-state index contributed by atoms with van der Waals surface area (Å²) in [6.07, 6.45) is 6.01. The van der Waals surface area contributed by atoms with E-state index in [0.29, 0.717) is 18.1 Å². The molecule has 0 bridgehead atoms. The molecule has 1 aliphatic rings. The van der Waals surface area contributed by atoms with Crippen molar-refractivity contribution in [2.24, 2.45) is 0 Å². The first-order valence-electron chi connectivity index (χ1n) is 7.70. The van der Waals surface area contributed by atoms with Crippen LogP contribution in [-0.4, -0.2) is 47.0 Å². The summed E-state index contributed by atoms with van der Waals surface area (Å²) < 4.78 is 5.80. The van der Waals surface area contributed by atoms with Crippen molar-refractivity contribution in [2.45, 2.75) is 19.1 Å². The first-order valence-corrected chi connectivity index (χ1v) is 7.70. The number of rotatable bonds is 5. The number of aromatic nitrogens is 2. The number of nitrogens with zero attached hydrogens (tertiary/aromatic N) is 3. The van der Waals surface area contributed by atoms with Crippen LogP contribution in [0.5, 0.6) is 5.75 Å². The molecule has 1 N–H and O–H groups in total. The first kappa shape index (κ1) is 21.2. The highest BCUT2D eigenvalue weighted by Crippen LogP contribution is 2.20. The molecule has 0 aliphatic carbocycles. The van der Waals surface area contributed by atoms with Gasteiger partial charge in [-0.15, -0.1) is 24.8 Å². The highest BCUT2D eigenvalue weighted by Gasteiger charge is 2.26. The Kier molecular flexibility index (Phi) is 8.61. The maximum Gasteiger partial charge on any atom is 0.276 e. The van der Waals surface area contributed by atoms with Gasteiger partial charge in [-0.2, -0.15) is 0 Å². The van der Waals surface area contributed by atoms with Crippen LogP contribution < -0.4 is 10.1 Å². The van der Waals surface area contributed by atoms with Crippen molar-refractivity contribution >= 4 is 30.7 Å². The quantitative estimate of drug-likeness (QED) is 0.856. The van der Waals surface area contributed by atoms with Crippen LogP contribution in [0, 0.1) is 0 Å². The standard InChI is InChI=1S/C17H20N4O2.2ClH/c1-21(14-6-10-19-11-14)17(22)16-15(3-2-7-20-16)23-12-13-4-8-18-9-5-13;;/h2-5,7-9,14,19H,6,10-12H2,1H3;2*1H. The number of likely N-dealkylation sites (N-methyl/N-ethyl adjacent to an activating group) is 1. The Morgan fingerprint density at radius 3 is 2.72 bits per heavy atom. The van der Waals surface area contributed by atoms with Gasteiger partial charge in [0.25, 0.3) is 5.91 Å². The zero-order valence-electron chi connectivity index (χ0n) is 13.9. The summed E-state index contributed by atoms with van der Waals surface area (Å²) >= 11 is 0. The van der Waals surface area contributed by atoms with Gasteiger partial charge in [-0.05, 0) is 42.8 Å². The van der Waals surface area contributed by atoms with Crippen molar-refractivity contribution in [3.63, 3.8) is 0 Å². The molecule has 1 unspecified atom stereocenters. The molecule has 8 heteroatoms. The van der Waals surface area contributed by atoms with Gasteiger partial charge in [0.1, 0.15) is 6.61 Å². The minimum absolute atomic E-state index is 0. The van der Waals surface area contributed by atoms with Gasteiger partial charge in [0.15, 0.2) is 11.4 Å². The number of hydrogen-bond donors (Lipinski definition) is 1. The van der Waals surface area contributed by atoms with Crippen LogP contribution in [0.4, 0.5) is 0 Å². The smallest absolute Gasteiger partial charge is 0.276 e. The molecule has 0 spiro atoms. The number of carbonyl (C=O) groups excluding carboxylic acids is 1. The summed E-state index contributed by atoms with van der Waals surface area (Å²) in [5.74, 6) is 0.399. The van der Waals surface area contributed by atoms with E-state index in [-0.39, 0.29) is 36.8 Å². The van der Waals surface area contributed by atoms with E-state index in [4.69, 9.17) is 4.74 Å². The molecule has 2 aromatic rings. The van der Waals surface area contributed by atoms with Gasteiger partial charge in [0.05, 0.1) is 0 Å². The van der Waals surface area contributed by atoms with Crippen LogP contribution in [0.3, 0.4) is 0 Å². The molecule has 136 valence electrons. The van der Waals surface area contributed by atoms with E-state index in [0.717, 1.165) is 25.1 Å². The monoisotopic (exact) mass is 384 g/mol. The van der Waals surface area contributed by atoms with Crippen molar-refractivity contribution in [1.29, 1.82) is 0 Å². The topological polar surface area (TPSA) is 67.4 Å². The molecule has 0 radical (unpaired) electrons. The van der Waals surface area contributed by atoms with Crippen molar-refractivity contribution in [3.05, 3.63) is 54.1 Å². The third kappa shape index (κ3) is 5.29. The molecular formula is C17H22Cl2N4O2. The molecule has 1 saturated heterocycles. The third-order valence-corrected chi connectivity index (χ3v) is 4.02. The van der Waals surface area contributed by atoms with Gasteiger partial charge >= 0.3 is 0 Å². The third-order valence-electron chi connectivity index (χ3n) is 4.02. The molecule has 25 heavy (non-hydrogen) atoms. The average molecular weight is 385 g/mol. The second-order valence-corrected chi connectivity index (χ2v) is 5.56. The lowest BCUT2D eigenvalue weighted by Crippen LogP contribution is -2.38. The highest BCUT2D eigenvalue weighted by atomic mass is 35.5. The summed E-state index contributed by atoms with van der Waals surface area (Å²) in [4.78, 5) is 22.7. The maximum absolute atomic E-state index is 12.7. The van der Waals surface area contributed by atoms with E-state index in [1.807, 2.05) is 19.2 Å². The van der Waals surface area contributed by atoms with Gasteiger partial charge in [0.2, 0.25) is 0 Å². The summed E-state index contributed by atoms with van der Waals surface area (Å²) in [5, 5.41) is 3.27. The summed E-state index contributed by atoms with van der Waals surface area (Å²) in [6.45, 7) is 2.14. The van der Waals surface area contributed by atoms with Crippen LogP contribution in [0.25, 0.3) is 0 Å². The fraction of sp³-hybridized carbons (Fsp3) is 0.353. The predicted octanol–water partition coefficient (Wildman–Crippen LogP) is 2.33. The lowest BCUT2D eigenvalue weighted by molar-refractivity contribution is 0.0732. The predicted molar refractivity (Wildman–Crippen MR) is 101 cm³/mol. The number of halogens is 2. The lowest BCUT2D eigenvalue weighted by Gasteiger charge is -2.24. The Balaban J connectivity index is 0.00000156. The molecule has 1 atom stereocenters. The van der Waals surface area contributed by atoms with Gasteiger partial charge in [0, 0.05) is 38.2 Å². The van der Waals surface area contributed by atoms with Gasteiger partial charge in [-0.3, -0.25) is 9.78 Å². The first-order chi connectivity index (χ1) is 11.3. The second kappa shape index (κ2) is 10.2. The fourth-order valence-corrected chi connectivity index (χ4v) is 2.61. The van der Waals surface area contributed by atoms with Crippen molar-refractivity contribution in [1.82, 2.24) is 20.2 Å². The van der Waals surface area contributed by atoms with Crippen molar-refractivity contribution < 1.29 is 9.53 Å². The van der Waals surface area contributed by atoms with E-state index in [9.17, 15) is 4.79 Å². The highest BCUT2D eigenvalue weighted by molar-refractivity contribution is 5.95. The Hall–Kier alpha value is -1.89. The Labute approximate surface area is 159 Å². The van der Waals surface area contributed by atoms with Crippen LogP contribution in [0.2, 0.25) is 0 Å². The molecule has 3 rings (SSSR count). The minimum atomic E-state index is -0.107. The van der Waals surface area contributed by atoms with E-state index in [2.05, 4.69) is 15.3 Å². The van der Waals surface area contributed by atoms with E-state index < -0.39 is 0 Å². The second-order valence-electron chi connectivity index (χ2n) is 5.56. The molecule has 1 amide bonds. The lowest BCUT2D eigenvalue weighted by atomic mass is 10.2. The Morgan fingerprint density at radius 1 is 1.28 bits per heavy atom. The van der Waals surface area contributed by atoms with Gasteiger partial charge < -0.3 is 15.0 Å². The van der Waals surface area contributed by atoms with Crippen molar-refractivity contribution in [3.8, 4) is 5.75 Å². The number of nitrogens with one attached hydrogen (secondary N) is 1. The number of carbonyl (C=O) groups is 1. The molecule has 1 aliphatic heterocycles. The maximum atomic E-state index is 12.7. The molecule has 0 aromatic carbocycles. The minimum Gasteiger partial charge on any atom is -0.486 e. The van der Waals surface area contributed by atoms with Crippen LogP contribution in [0.1, 0.15) is 22.5 Å². The molecular weight excluding hydrogens is 363 g/mol. The molecule has 0 saturated carbocycles. The van der Waals surface area contributed by atoms with E-state index in [1.54, 1.807) is 35.6 Å². The largest absolute Gasteiger partial charge is 0.486 e. The average Bonchev–Trinajstić information content (AvgIpc) is 3.14. The number of pyridine rings is 2. The van der Waals surface area contributed by atoms with Gasteiger partial charge in [-0.25, -0.2) is 4.98 Å². The van der Waals surface area contributed by atoms with Crippen molar-refractivity contribution in [2.75, 3.05) is 20.1 Å². The van der Waals surface area contributed by atoms with Crippen LogP contribution in [0.15, 0.2) is 42.9 Å². The zero-order valence-corrected chi connectivity index (χ0v) is 15.6. The summed E-state index contributed by atoms with van der Waals surface area (Å²) in [5.41, 5.74) is 1.35. The molecule has 3 heterocycles. The number of hydrogen-bond acceptors (Lipinski definition) is 5. The Bertz CT molecular complexity index is 667. The number of ether oxygens (including phenoxy) is 1. The van der Waals surface area contributed by atoms with Crippen LogP contribution >= 0.6 is 24.8 Å². The SMILES string of the molecule is CN(C(=O)c1ncccc1OCc1ccncc1)C1CCNC1.Cl.Cl. The fourth-order valence-electron chi connectivity index (χ4n) is 2.61. The molecule has 6 nitrogen and oxygen atoms in total. The van der Waals surface area contributed by atoms with Crippen LogP contribution in [-0.2, 0) is 6.61 Å². The van der Waals surface area contributed by atoms with E-state index in [1.165, 1.54) is 0 Å². The number of amides is 1. The summed E-state index contributed by atoms with van der Waals surface area (Å²) in [7, 11) is 1.82. The molecule has 1 fully saturated rings. The Morgan fingerprint density at radius 2 is 2.04 bits per heavy atom. The van der Waals surface area contributed by atoms with E-state index >= 15 is 0 Å². The van der Waals surface area contributed by atoms with Gasteiger partial charge in [-0.1, -0.05) is 0 Å².